The van der Waals surface area contributed by atoms with E-state index < -0.39 is 89.2 Å². The number of carbonyl (C=O) groups is 6. The molecule has 1 rings (SSSR count). The largest absolute Gasteiger partial charge is 0.488 e. The third-order valence-electron chi connectivity index (χ3n) is 8.21. The van der Waals surface area contributed by atoms with Gasteiger partial charge in [0.25, 0.3) is 5.91 Å². The van der Waals surface area contributed by atoms with Gasteiger partial charge in [0.1, 0.15) is 35.2 Å². The zero-order valence-corrected chi connectivity index (χ0v) is 33.4. The highest BCUT2D eigenvalue weighted by Gasteiger charge is 2.37. The van der Waals surface area contributed by atoms with Crippen LogP contribution in [0.25, 0.3) is 0 Å². The maximum Gasteiger partial charge on any atom is 0.408 e. The molecule has 0 saturated carbocycles. The van der Waals surface area contributed by atoms with Crippen molar-refractivity contribution < 1.29 is 68.5 Å². The normalized spacial score (nSPS) is 15.5. The van der Waals surface area contributed by atoms with Gasteiger partial charge in [-0.05, 0) is 111 Å². The molecule has 0 fully saturated rings. The number of rotatable bonds is 24. The number of aliphatic hydroxyl groups is 4. The number of Topliss-reactive ketones (excluding diaryl/α,β-unsaturated/α-hetero) is 1. The molecule has 0 bridgehead atoms. The van der Waals surface area contributed by atoms with Gasteiger partial charge in [0.05, 0.1) is 13.2 Å². The fourth-order valence-electron chi connectivity index (χ4n) is 5.38. The number of ketones is 1. The van der Waals surface area contributed by atoms with Crippen molar-refractivity contribution in [3.8, 4) is 5.75 Å². The summed E-state index contributed by atoms with van der Waals surface area (Å²) in [5, 5.41) is 55.5. The van der Waals surface area contributed by atoms with E-state index in [-0.39, 0.29) is 45.1 Å². The molecular weight excluding hydrogens is 736 g/mol. The van der Waals surface area contributed by atoms with Crippen molar-refractivity contribution in [2.75, 3.05) is 20.2 Å². The Morgan fingerprint density at radius 2 is 1.32 bits per heavy atom. The van der Waals surface area contributed by atoms with E-state index in [4.69, 9.17) is 25.1 Å². The van der Waals surface area contributed by atoms with E-state index in [1.54, 1.807) is 45.0 Å². The van der Waals surface area contributed by atoms with E-state index in [0.29, 0.717) is 30.7 Å². The first-order valence-corrected chi connectivity index (χ1v) is 18.6. The number of esters is 1. The van der Waals surface area contributed by atoms with E-state index in [1.165, 1.54) is 7.11 Å². The molecule has 0 aromatic heterocycles. The van der Waals surface area contributed by atoms with Gasteiger partial charge in [-0.1, -0.05) is 12.1 Å². The van der Waals surface area contributed by atoms with Crippen molar-refractivity contribution in [1.29, 1.82) is 0 Å². The molecule has 0 spiro atoms. The summed E-state index contributed by atoms with van der Waals surface area (Å²) in [6.45, 7) is 10.9. The maximum absolute atomic E-state index is 14.0. The Kier molecular flexibility index (Phi) is 21.0. The van der Waals surface area contributed by atoms with Crippen LogP contribution >= 0.6 is 0 Å². The minimum absolute atomic E-state index is 0.0275. The average Bonchev–Trinajstić information content (AvgIpc) is 3.10. The molecule has 5 unspecified atom stereocenters. The molecule has 0 aliphatic carbocycles. The number of benzene rings is 1. The third kappa shape index (κ3) is 19.0. The maximum atomic E-state index is 14.0. The number of ether oxygens (including phenoxy) is 3. The Morgan fingerprint density at radius 3 is 1.86 bits per heavy atom. The highest BCUT2D eigenvalue weighted by Crippen LogP contribution is 2.22. The number of alkyl carbamates (subject to hydrolysis) is 1. The fraction of sp³-hybridized carbons (Fsp3) is 0.684. The Balaban J connectivity index is 3.23. The van der Waals surface area contributed by atoms with Gasteiger partial charge in [0.2, 0.25) is 5.91 Å². The molecule has 318 valence electrons. The van der Waals surface area contributed by atoms with Crippen LogP contribution in [0.4, 0.5) is 4.79 Å². The monoisotopic (exact) mass is 798 g/mol. The van der Waals surface area contributed by atoms with E-state index in [1.807, 2.05) is 20.8 Å². The highest BCUT2D eigenvalue weighted by molar-refractivity contribution is 5.93. The van der Waals surface area contributed by atoms with Crippen molar-refractivity contribution in [2.24, 2.45) is 11.7 Å². The smallest absolute Gasteiger partial charge is 0.408 e. The molecule has 18 heteroatoms. The summed E-state index contributed by atoms with van der Waals surface area (Å²) in [6, 6.07) is 4.87. The summed E-state index contributed by atoms with van der Waals surface area (Å²) in [5.41, 5.74) is 4.95. The van der Waals surface area contributed by atoms with Gasteiger partial charge in [-0.15, -0.1) is 0 Å². The number of aliphatic carboxylic acids is 1. The van der Waals surface area contributed by atoms with Crippen molar-refractivity contribution in [3.63, 3.8) is 0 Å². The van der Waals surface area contributed by atoms with E-state index in [9.17, 15) is 49.2 Å². The van der Waals surface area contributed by atoms with Crippen molar-refractivity contribution in [2.45, 2.75) is 141 Å². The predicted molar refractivity (Wildman–Crippen MR) is 202 cm³/mol. The van der Waals surface area contributed by atoms with Gasteiger partial charge in [-0.3, -0.25) is 14.4 Å². The molecule has 0 heterocycles. The zero-order valence-electron chi connectivity index (χ0n) is 33.4. The molecule has 56 heavy (non-hydrogen) atoms. The fourth-order valence-corrected chi connectivity index (χ4v) is 5.38. The minimum atomic E-state index is -2.45. The van der Waals surface area contributed by atoms with Gasteiger partial charge >= 0.3 is 18.0 Å². The van der Waals surface area contributed by atoms with Crippen LogP contribution < -0.4 is 26.4 Å². The van der Waals surface area contributed by atoms with Crippen molar-refractivity contribution in [3.05, 3.63) is 29.8 Å². The Bertz CT molecular complexity index is 1430. The second-order valence-corrected chi connectivity index (χ2v) is 15.5. The molecule has 1 aromatic rings. The number of nitrogens with one attached hydrogen (secondary N) is 3. The van der Waals surface area contributed by atoms with Crippen LogP contribution in [-0.4, -0.2) is 129 Å². The molecule has 0 aliphatic heterocycles. The van der Waals surface area contributed by atoms with Crippen LogP contribution in [0.3, 0.4) is 0 Å². The van der Waals surface area contributed by atoms with E-state index in [0.717, 1.165) is 0 Å². The third-order valence-corrected chi connectivity index (χ3v) is 8.21. The summed E-state index contributed by atoms with van der Waals surface area (Å²) in [4.78, 5) is 76.4. The van der Waals surface area contributed by atoms with Gasteiger partial charge in [0.15, 0.2) is 18.0 Å². The number of methoxy groups -OCH3 is 1. The molecule has 0 aliphatic rings. The second-order valence-electron chi connectivity index (χ2n) is 15.5. The average molecular weight is 799 g/mol. The van der Waals surface area contributed by atoms with Crippen LogP contribution in [0.2, 0.25) is 0 Å². The molecule has 3 amide bonds. The summed E-state index contributed by atoms with van der Waals surface area (Å²) >= 11 is 0. The second kappa shape index (κ2) is 23.6. The number of carboxylic acids is 1. The Hall–Kier alpha value is -4.36. The van der Waals surface area contributed by atoms with Crippen LogP contribution in [0, 0.1) is 5.92 Å². The van der Waals surface area contributed by atoms with Crippen molar-refractivity contribution in [1.82, 2.24) is 16.0 Å². The molecule has 0 saturated heterocycles. The summed E-state index contributed by atoms with van der Waals surface area (Å²) < 4.78 is 16.2. The number of hydrogen-bond donors (Lipinski definition) is 9. The summed E-state index contributed by atoms with van der Waals surface area (Å²) in [7, 11) is 1.20. The van der Waals surface area contributed by atoms with Crippen LogP contribution in [-0.2, 0) is 39.9 Å². The number of nitrogens with two attached hydrogens (primary N) is 1. The SMILES string of the molecule is COC(=O)C(CCCCN)NC(=O)[C@@H](CC(=O)[C@H](CCCCNC(=O)C(O)C(O)C(O)C(O)C(=O)O)NC(=O)OC(C)(C)C)Cc1ccc(OC(C)(C)C)cc1. The first kappa shape index (κ1) is 49.7. The molecule has 18 nitrogen and oxygen atoms in total. The summed E-state index contributed by atoms with van der Waals surface area (Å²) in [6.07, 6.45) is -8.71. The molecule has 10 N–H and O–H groups in total. The molecule has 7 atom stereocenters. The lowest BCUT2D eigenvalue weighted by Crippen LogP contribution is -2.52. The molecule has 1 aromatic carbocycles. The number of carbonyl (C=O) groups excluding carboxylic acids is 5. The van der Waals surface area contributed by atoms with Crippen LogP contribution in [0.5, 0.6) is 5.75 Å². The highest BCUT2D eigenvalue weighted by atomic mass is 16.6. The Morgan fingerprint density at radius 1 is 0.750 bits per heavy atom. The van der Waals surface area contributed by atoms with E-state index >= 15 is 0 Å². The number of carboxylic acid groups (broad SMARTS) is 1. The number of aliphatic hydroxyl groups excluding tert-OH is 4. The zero-order chi connectivity index (χ0) is 42.8. The number of unbranched alkanes of at least 4 members (excludes halogenated alkanes) is 2. The standard InChI is InChI=1S/C38H62N4O14/c1-37(2,3)55-24-16-14-22(15-17-24)20-23(32(48)41-26(35(52)54-7)13-8-10-18-39)21-27(43)25(42-36(53)56-38(4,5)6)12-9-11-19-40-33(49)30(46)28(44)29(45)31(47)34(50)51/h14-17,23,25-26,28-31,44-47H,8-13,18-21,39H2,1-7H3,(H,40,49)(H,41,48)(H,42,53)(H,50,51)/t23-,25+,26?,28?,29?,30?,31?/m1/s1. The van der Waals surface area contributed by atoms with Gasteiger partial charge in [0, 0.05) is 18.9 Å². The summed E-state index contributed by atoms with van der Waals surface area (Å²) in [5.74, 6) is -5.19. The van der Waals surface area contributed by atoms with Crippen LogP contribution in [0.15, 0.2) is 24.3 Å². The number of hydrogen-bond acceptors (Lipinski definition) is 14. The lowest BCUT2D eigenvalue weighted by Gasteiger charge is -2.25. The van der Waals surface area contributed by atoms with Gasteiger partial charge in [-0.25, -0.2) is 14.4 Å². The number of amides is 3. The molecular formula is C38H62N4O14. The van der Waals surface area contributed by atoms with Gasteiger partial charge in [-0.2, -0.15) is 0 Å². The van der Waals surface area contributed by atoms with Gasteiger partial charge < -0.3 is 61.4 Å². The Labute approximate surface area is 327 Å². The lowest BCUT2D eigenvalue weighted by molar-refractivity contribution is -0.166. The predicted octanol–water partition coefficient (Wildman–Crippen LogP) is 0.477. The topological polar surface area (TPSA) is 293 Å². The first-order chi connectivity index (χ1) is 26.0. The quantitative estimate of drug-likeness (QED) is 0.0508. The van der Waals surface area contributed by atoms with E-state index in [2.05, 4.69) is 16.0 Å². The first-order valence-electron chi connectivity index (χ1n) is 18.6. The van der Waals surface area contributed by atoms with Crippen LogP contribution in [0.1, 0.15) is 92.1 Å². The molecule has 0 radical (unpaired) electrons. The minimum Gasteiger partial charge on any atom is -0.488 e. The lowest BCUT2D eigenvalue weighted by atomic mass is 9.89. The van der Waals surface area contributed by atoms with Crippen molar-refractivity contribution >= 4 is 35.6 Å².